The van der Waals surface area contributed by atoms with Crippen LogP contribution in [0, 0.1) is 5.82 Å². The number of hydrogen-bond donors (Lipinski definition) is 1. The molecule has 18 heavy (non-hydrogen) atoms. The molecule has 0 saturated carbocycles. The number of carbonyl (C=O) groups is 1. The van der Waals surface area contributed by atoms with Gasteiger partial charge < -0.3 is 10.1 Å². The number of carbonyl (C=O) groups excluding carboxylic acids is 1. The lowest BCUT2D eigenvalue weighted by molar-refractivity contribution is -0.158. The lowest BCUT2D eigenvalue weighted by Gasteiger charge is -2.11. The highest BCUT2D eigenvalue weighted by molar-refractivity contribution is 9.10. The minimum Gasteiger partial charge on any atom is -0.456 e. The lowest BCUT2D eigenvalue weighted by Crippen LogP contribution is -2.22. The Bertz CT molecular complexity index is 481. The molecule has 7 heteroatoms. The monoisotopic (exact) mass is 323 g/mol. The van der Waals surface area contributed by atoms with Crippen LogP contribution >= 0.6 is 15.9 Å². The van der Waals surface area contributed by atoms with Crippen LogP contribution in [0.15, 0.2) is 22.7 Å². The largest absolute Gasteiger partial charge is 0.456 e. The van der Waals surface area contributed by atoms with Crippen LogP contribution in [-0.4, -0.2) is 24.5 Å². The third-order valence-electron chi connectivity index (χ3n) is 2.51. The molecule has 1 atom stereocenters. The first kappa shape index (κ1) is 13.2. The molecule has 2 rings (SSSR count). The average Bonchev–Trinajstić information content (AvgIpc) is 2.55. The van der Waals surface area contributed by atoms with Gasteiger partial charge in [-0.2, -0.15) is 8.78 Å². The Morgan fingerprint density at radius 3 is 2.78 bits per heavy atom. The maximum atomic E-state index is 12.9. The SMILES string of the molecule is O=C1OC(CNc2ccc(F)c(Br)c2)CC1(F)F. The molecule has 1 fully saturated rings. The summed E-state index contributed by atoms with van der Waals surface area (Å²) in [5.74, 6) is -5.32. The first-order valence-electron chi connectivity index (χ1n) is 5.16. The zero-order valence-electron chi connectivity index (χ0n) is 9.05. The molecule has 1 heterocycles. The second kappa shape index (κ2) is 4.79. The molecule has 1 saturated heterocycles. The van der Waals surface area contributed by atoms with Gasteiger partial charge in [0.05, 0.1) is 17.4 Å². The van der Waals surface area contributed by atoms with Gasteiger partial charge in [-0.05, 0) is 34.1 Å². The second-order valence-corrected chi connectivity index (χ2v) is 4.80. The van der Waals surface area contributed by atoms with E-state index in [0.29, 0.717) is 5.69 Å². The summed E-state index contributed by atoms with van der Waals surface area (Å²) in [6.45, 7) is 0.0550. The van der Waals surface area contributed by atoms with E-state index >= 15 is 0 Å². The first-order valence-corrected chi connectivity index (χ1v) is 5.95. The third kappa shape index (κ3) is 2.77. The number of ether oxygens (including phenoxy) is 1. The number of esters is 1. The number of anilines is 1. The van der Waals surface area contributed by atoms with Crippen molar-refractivity contribution in [3.8, 4) is 0 Å². The standard InChI is InChI=1S/C11H9BrF3NO2/c12-8-3-6(1-2-9(8)13)16-5-7-4-11(14,15)10(17)18-7/h1-3,7,16H,4-5H2. The molecule has 1 aromatic carbocycles. The van der Waals surface area contributed by atoms with Gasteiger partial charge in [-0.25, -0.2) is 9.18 Å². The minimum atomic E-state index is -3.41. The normalized spacial score (nSPS) is 21.8. The number of cyclic esters (lactones) is 1. The molecule has 0 aliphatic carbocycles. The van der Waals surface area contributed by atoms with Crippen LogP contribution in [0.4, 0.5) is 18.9 Å². The Labute approximate surface area is 109 Å². The summed E-state index contributed by atoms with van der Waals surface area (Å²) >= 11 is 3.01. The van der Waals surface area contributed by atoms with Gasteiger partial charge in [-0.3, -0.25) is 0 Å². The first-order chi connectivity index (χ1) is 8.38. The van der Waals surface area contributed by atoms with Crippen molar-refractivity contribution in [2.45, 2.75) is 18.4 Å². The second-order valence-electron chi connectivity index (χ2n) is 3.95. The van der Waals surface area contributed by atoms with Crippen LogP contribution in [0.1, 0.15) is 6.42 Å². The molecule has 1 aromatic rings. The van der Waals surface area contributed by atoms with Crippen LogP contribution in [0.25, 0.3) is 0 Å². The Hall–Kier alpha value is -1.24. The smallest absolute Gasteiger partial charge is 0.377 e. The maximum Gasteiger partial charge on any atom is 0.377 e. The van der Waals surface area contributed by atoms with Crippen molar-refractivity contribution in [1.29, 1.82) is 0 Å². The number of halogens is 4. The van der Waals surface area contributed by atoms with E-state index in [0.717, 1.165) is 0 Å². The van der Waals surface area contributed by atoms with Crippen LogP contribution in [0.5, 0.6) is 0 Å². The summed E-state index contributed by atoms with van der Waals surface area (Å²) in [5.41, 5.74) is 0.551. The molecule has 3 nitrogen and oxygen atoms in total. The Kier molecular flexibility index (Phi) is 3.52. The van der Waals surface area contributed by atoms with Crippen molar-refractivity contribution in [3.63, 3.8) is 0 Å². The van der Waals surface area contributed by atoms with E-state index in [1.807, 2.05) is 0 Å². The molecule has 0 spiro atoms. The predicted molar refractivity (Wildman–Crippen MR) is 62.0 cm³/mol. The number of hydrogen-bond acceptors (Lipinski definition) is 3. The molecule has 0 aromatic heterocycles. The predicted octanol–water partition coefficient (Wildman–Crippen LogP) is 2.95. The van der Waals surface area contributed by atoms with E-state index in [9.17, 15) is 18.0 Å². The Balaban J connectivity index is 1.93. The van der Waals surface area contributed by atoms with Crippen LogP contribution < -0.4 is 5.32 Å². The Morgan fingerprint density at radius 2 is 2.22 bits per heavy atom. The third-order valence-corrected chi connectivity index (χ3v) is 3.12. The molecule has 1 unspecified atom stereocenters. The summed E-state index contributed by atoms with van der Waals surface area (Å²) < 4.78 is 43.5. The summed E-state index contributed by atoms with van der Waals surface area (Å²) in [7, 11) is 0. The highest BCUT2D eigenvalue weighted by atomic mass is 79.9. The number of rotatable bonds is 3. The van der Waals surface area contributed by atoms with Gasteiger partial charge in [-0.15, -0.1) is 0 Å². The topological polar surface area (TPSA) is 38.3 Å². The van der Waals surface area contributed by atoms with Crippen LogP contribution in [0.2, 0.25) is 0 Å². The van der Waals surface area contributed by atoms with E-state index < -0.39 is 30.2 Å². The van der Waals surface area contributed by atoms with Gasteiger partial charge >= 0.3 is 11.9 Å². The van der Waals surface area contributed by atoms with Gasteiger partial charge in [0.1, 0.15) is 11.9 Å². The van der Waals surface area contributed by atoms with Crippen LogP contribution in [0.3, 0.4) is 0 Å². The molecular formula is C11H9BrF3NO2. The fourth-order valence-electron chi connectivity index (χ4n) is 1.60. The molecule has 0 amide bonds. The van der Waals surface area contributed by atoms with Crippen molar-refractivity contribution in [2.24, 2.45) is 0 Å². The molecule has 1 N–H and O–H groups in total. The lowest BCUT2D eigenvalue weighted by atomic mass is 10.2. The van der Waals surface area contributed by atoms with E-state index in [1.54, 1.807) is 0 Å². The van der Waals surface area contributed by atoms with Gasteiger partial charge in [0.25, 0.3) is 0 Å². The fourth-order valence-corrected chi connectivity index (χ4v) is 1.98. The summed E-state index contributed by atoms with van der Waals surface area (Å²) in [6.07, 6.45) is -1.52. The van der Waals surface area contributed by atoms with Crippen LogP contribution in [-0.2, 0) is 9.53 Å². The van der Waals surface area contributed by atoms with E-state index in [-0.39, 0.29) is 11.0 Å². The molecule has 1 aliphatic rings. The number of alkyl halides is 2. The highest BCUT2D eigenvalue weighted by Gasteiger charge is 2.50. The van der Waals surface area contributed by atoms with Crippen molar-refractivity contribution < 1.29 is 22.7 Å². The van der Waals surface area contributed by atoms with Gasteiger partial charge in [0.15, 0.2) is 0 Å². The summed E-state index contributed by atoms with van der Waals surface area (Å²) in [4.78, 5) is 10.8. The van der Waals surface area contributed by atoms with Crippen molar-refractivity contribution in [1.82, 2.24) is 0 Å². The number of nitrogens with one attached hydrogen (secondary N) is 1. The summed E-state index contributed by atoms with van der Waals surface area (Å²) in [5, 5.41) is 2.81. The van der Waals surface area contributed by atoms with Crippen molar-refractivity contribution in [2.75, 3.05) is 11.9 Å². The van der Waals surface area contributed by atoms with Gasteiger partial charge in [0, 0.05) is 5.69 Å². The van der Waals surface area contributed by atoms with Gasteiger partial charge in [-0.1, -0.05) is 0 Å². The zero-order valence-corrected chi connectivity index (χ0v) is 10.6. The van der Waals surface area contributed by atoms with Crippen molar-refractivity contribution >= 4 is 27.6 Å². The van der Waals surface area contributed by atoms with E-state index in [2.05, 4.69) is 26.0 Å². The highest BCUT2D eigenvalue weighted by Crippen LogP contribution is 2.31. The fraction of sp³-hybridized carbons (Fsp3) is 0.364. The zero-order chi connectivity index (χ0) is 13.3. The molecule has 0 bridgehead atoms. The Morgan fingerprint density at radius 1 is 1.50 bits per heavy atom. The van der Waals surface area contributed by atoms with E-state index in [1.165, 1.54) is 18.2 Å². The average molecular weight is 324 g/mol. The molecule has 98 valence electrons. The summed E-state index contributed by atoms with van der Waals surface area (Å²) in [6, 6.07) is 4.18. The van der Waals surface area contributed by atoms with Gasteiger partial charge in [0.2, 0.25) is 0 Å². The molecule has 0 radical (unpaired) electrons. The van der Waals surface area contributed by atoms with Crippen molar-refractivity contribution in [3.05, 3.63) is 28.5 Å². The van der Waals surface area contributed by atoms with E-state index in [4.69, 9.17) is 0 Å². The minimum absolute atomic E-state index is 0.0550. The molecular weight excluding hydrogens is 315 g/mol. The quantitative estimate of drug-likeness (QED) is 0.869. The maximum absolute atomic E-state index is 12.9. The molecule has 1 aliphatic heterocycles. The number of benzene rings is 1.